The third kappa shape index (κ3) is 7.43. The largest absolute Gasteiger partial charge is 0.444 e. The Kier molecular flexibility index (Phi) is 8.67. The van der Waals surface area contributed by atoms with Crippen LogP contribution in [-0.2, 0) is 11.3 Å². The molecular formula is C27H34F4N2O3. The first kappa shape index (κ1) is 27.9. The Morgan fingerprint density at radius 1 is 1.06 bits per heavy atom. The molecule has 0 saturated heterocycles. The fourth-order valence-corrected chi connectivity index (χ4v) is 4.34. The van der Waals surface area contributed by atoms with E-state index in [1.165, 1.54) is 30.3 Å². The van der Waals surface area contributed by atoms with Crippen molar-refractivity contribution in [2.24, 2.45) is 0 Å². The maximum atomic E-state index is 14.5. The van der Waals surface area contributed by atoms with Gasteiger partial charge in [-0.15, -0.1) is 0 Å². The van der Waals surface area contributed by atoms with E-state index >= 15 is 0 Å². The zero-order chi connectivity index (χ0) is 26.7. The molecule has 36 heavy (non-hydrogen) atoms. The Morgan fingerprint density at radius 3 is 2.19 bits per heavy atom. The number of nitrogens with one attached hydrogen (secondary N) is 1. The highest BCUT2D eigenvalue weighted by atomic mass is 19.4. The number of alkyl halides is 3. The standard InChI is InChI=1S/C27H34F4N2O3/c1-26(2,3)36-25(35)33(4)22-12-10-21(11-13-22)32-16-20-15-19(9-14-23(20)28)17-5-7-18(8-6-17)24(34)27(29,30)31/h5-9,14-15,21-22,24,32,34H,10-13,16H2,1-4H3/t21-,22-,24?. The van der Waals surface area contributed by atoms with E-state index in [1.54, 1.807) is 24.1 Å². The minimum atomic E-state index is -4.74. The molecule has 2 aromatic carbocycles. The van der Waals surface area contributed by atoms with Crippen LogP contribution in [0.5, 0.6) is 0 Å². The first-order valence-corrected chi connectivity index (χ1v) is 12.1. The summed E-state index contributed by atoms with van der Waals surface area (Å²) in [7, 11) is 1.75. The zero-order valence-electron chi connectivity index (χ0n) is 21.0. The van der Waals surface area contributed by atoms with Crippen molar-refractivity contribution in [3.63, 3.8) is 0 Å². The van der Waals surface area contributed by atoms with Crippen LogP contribution >= 0.6 is 0 Å². The molecule has 3 rings (SSSR count). The number of hydrogen-bond acceptors (Lipinski definition) is 4. The van der Waals surface area contributed by atoms with Crippen LogP contribution in [0.2, 0.25) is 0 Å². The lowest BCUT2D eigenvalue weighted by molar-refractivity contribution is -0.206. The van der Waals surface area contributed by atoms with Gasteiger partial charge in [0.25, 0.3) is 0 Å². The number of aliphatic hydroxyl groups excluding tert-OH is 1. The van der Waals surface area contributed by atoms with Crippen molar-refractivity contribution < 1.29 is 32.2 Å². The van der Waals surface area contributed by atoms with E-state index in [4.69, 9.17) is 4.74 Å². The minimum absolute atomic E-state index is 0.0943. The van der Waals surface area contributed by atoms with Gasteiger partial charge in [0.15, 0.2) is 6.10 Å². The van der Waals surface area contributed by atoms with Crippen LogP contribution < -0.4 is 5.32 Å². The first-order valence-electron chi connectivity index (χ1n) is 12.1. The highest BCUT2D eigenvalue weighted by Gasteiger charge is 2.39. The van der Waals surface area contributed by atoms with Crippen LogP contribution in [0.4, 0.5) is 22.4 Å². The van der Waals surface area contributed by atoms with E-state index in [9.17, 15) is 27.5 Å². The van der Waals surface area contributed by atoms with Crippen molar-refractivity contribution in [2.75, 3.05) is 7.05 Å². The van der Waals surface area contributed by atoms with Crippen LogP contribution in [0.3, 0.4) is 0 Å². The quantitative estimate of drug-likeness (QED) is 0.444. The van der Waals surface area contributed by atoms with Gasteiger partial charge in [0.05, 0.1) is 0 Å². The van der Waals surface area contributed by atoms with Crippen molar-refractivity contribution in [2.45, 2.75) is 83.0 Å². The maximum Gasteiger partial charge on any atom is 0.418 e. The van der Waals surface area contributed by atoms with Crippen molar-refractivity contribution in [3.05, 3.63) is 59.4 Å². The fourth-order valence-electron chi connectivity index (χ4n) is 4.34. The van der Waals surface area contributed by atoms with E-state index in [2.05, 4.69) is 5.32 Å². The van der Waals surface area contributed by atoms with E-state index in [0.29, 0.717) is 23.2 Å². The molecule has 0 spiro atoms. The Morgan fingerprint density at radius 2 is 1.64 bits per heavy atom. The second-order valence-electron chi connectivity index (χ2n) is 10.3. The summed E-state index contributed by atoms with van der Waals surface area (Å²) in [5.41, 5.74) is 0.960. The van der Waals surface area contributed by atoms with Crippen molar-refractivity contribution in [1.29, 1.82) is 0 Å². The summed E-state index contributed by atoms with van der Waals surface area (Å²) in [6.45, 7) is 5.81. The average molecular weight is 511 g/mol. The second kappa shape index (κ2) is 11.2. The van der Waals surface area contributed by atoms with Gasteiger partial charge in [-0.1, -0.05) is 30.3 Å². The number of aliphatic hydroxyl groups is 1. The molecule has 5 nitrogen and oxygen atoms in total. The van der Waals surface area contributed by atoms with Gasteiger partial charge in [-0.05, 0) is 75.3 Å². The van der Waals surface area contributed by atoms with Crippen molar-refractivity contribution in [3.8, 4) is 11.1 Å². The predicted octanol–water partition coefficient (Wildman–Crippen LogP) is 6.36. The summed E-state index contributed by atoms with van der Waals surface area (Å²) in [5, 5.41) is 12.8. The summed E-state index contributed by atoms with van der Waals surface area (Å²) in [4.78, 5) is 14.0. The van der Waals surface area contributed by atoms with Gasteiger partial charge in [0, 0.05) is 31.2 Å². The van der Waals surface area contributed by atoms with Crippen LogP contribution in [0, 0.1) is 5.82 Å². The molecule has 0 aromatic heterocycles. The summed E-state index contributed by atoms with van der Waals surface area (Å²) in [6.07, 6.45) is -4.32. The molecule has 0 radical (unpaired) electrons. The van der Waals surface area contributed by atoms with Gasteiger partial charge in [0.1, 0.15) is 11.4 Å². The number of amides is 1. The Balaban J connectivity index is 1.57. The molecule has 1 aliphatic carbocycles. The monoisotopic (exact) mass is 510 g/mol. The number of carbonyl (C=O) groups is 1. The normalized spacial score (nSPS) is 19.6. The molecule has 0 bridgehead atoms. The number of rotatable bonds is 6. The summed E-state index contributed by atoms with van der Waals surface area (Å²) in [5.74, 6) is -0.367. The number of carbonyl (C=O) groups excluding carboxylic acids is 1. The summed E-state index contributed by atoms with van der Waals surface area (Å²) in [6, 6.07) is 10.3. The topological polar surface area (TPSA) is 61.8 Å². The number of halogens is 4. The zero-order valence-corrected chi connectivity index (χ0v) is 21.0. The molecule has 1 atom stereocenters. The minimum Gasteiger partial charge on any atom is -0.444 e. The molecule has 1 amide bonds. The molecule has 0 heterocycles. The van der Waals surface area contributed by atoms with Gasteiger partial charge in [-0.3, -0.25) is 0 Å². The Bertz CT molecular complexity index is 1030. The van der Waals surface area contributed by atoms with E-state index in [-0.39, 0.29) is 29.6 Å². The Labute approximate surface area is 209 Å². The first-order chi connectivity index (χ1) is 16.7. The van der Waals surface area contributed by atoms with E-state index in [0.717, 1.165) is 25.7 Å². The molecule has 2 aromatic rings. The lowest BCUT2D eigenvalue weighted by atomic mass is 9.90. The molecule has 1 saturated carbocycles. The molecule has 2 N–H and O–H groups in total. The average Bonchev–Trinajstić information content (AvgIpc) is 2.81. The van der Waals surface area contributed by atoms with Gasteiger partial charge in [-0.2, -0.15) is 13.2 Å². The lowest BCUT2D eigenvalue weighted by Crippen LogP contribution is -2.44. The van der Waals surface area contributed by atoms with Crippen molar-refractivity contribution in [1.82, 2.24) is 10.2 Å². The number of benzene rings is 2. The number of ether oxygens (including phenoxy) is 1. The van der Waals surface area contributed by atoms with E-state index in [1.807, 2.05) is 20.8 Å². The SMILES string of the molecule is CN(C(=O)OC(C)(C)C)[C@H]1CC[C@H](NCc2cc(-c3ccc(C(O)C(F)(F)F)cc3)ccc2F)CC1. The van der Waals surface area contributed by atoms with Crippen LogP contribution in [0.15, 0.2) is 42.5 Å². The molecule has 1 unspecified atom stereocenters. The summed E-state index contributed by atoms with van der Waals surface area (Å²) >= 11 is 0. The summed E-state index contributed by atoms with van der Waals surface area (Å²) < 4.78 is 58.1. The molecule has 1 aliphatic rings. The number of nitrogens with zero attached hydrogens (tertiary/aromatic N) is 1. The third-order valence-electron chi connectivity index (χ3n) is 6.42. The Hall–Kier alpha value is -2.65. The van der Waals surface area contributed by atoms with Crippen LogP contribution in [0.25, 0.3) is 11.1 Å². The van der Waals surface area contributed by atoms with Gasteiger partial charge in [0.2, 0.25) is 0 Å². The molecule has 0 aliphatic heterocycles. The van der Waals surface area contributed by atoms with Crippen molar-refractivity contribution >= 4 is 6.09 Å². The second-order valence-corrected chi connectivity index (χ2v) is 10.3. The third-order valence-corrected chi connectivity index (χ3v) is 6.42. The van der Waals surface area contributed by atoms with Gasteiger partial charge in [-0.25, -0.2) is 9.18 Å². The van der Waals surface area contributed by atoms with Gasteiger partial charge < -0.3 is 20.1 Å². The van der Waals surface area contributed by atoms with Gasteiger partial charge >= 0.3 is 12.3 Å². The predicted molar refractivity (Wildman–Crippen MR) is 130 cm³/mol. The molecular weight excluding hydrogens is 476 g/mol. The smallest absolute Gasteiger partial charge is 0.418 e. The maximum absolute atomic E-state index is 14.5. The number of hydrogen-bond donors (Lipinski definition) is 2. The molecule has 198 valence electrons. The molecule has 9 heteroatoms. The highest BCUT2D eigenvalue weighted by molar-refractivity contribution is 5.68. The fraction of sp³-hybridized carbons (Fsp3) is 0.519. The van der Waals surface area contributed by atoms with E-state index < -0.39 is 17.9 Å². The van der Waals surface area contributed by atoms with Crippen LogP contribution in [0.1, 0.15) is 63.7 Å². The molecule has 1 fully saturated rings. The van der Waals surface area contributed by atoms with Crippen LogP contribution in [-0.4, -0.2) is 47.0 Å². The lowest BCUT2D eigenvalue weighted by Gasteiger charge is -2.35. The highest BCUT2D eigenvalue weighted by Crippen LogP contribution is 2.33.